The van der Waals surface area contributed by atoms with Crippen LogP contribution in [0.15, 0.2) is 84.1 Å². The lowest BCUT2D eigenvalue weighted by Gasteiger charge is -2.30. The molecule has 3 aromatic carbocycles. The Hall–Kier alpha value is -3.53. The van der Waals surface area contributed by atoms with Crippen molar-refractivity contribution in [1.29, 1.82) is 0 Å². The maximum absolute atomic E-state index is 13.6. The van der Waals surface area contributed by atoms with Gasteiger partial charge in [0.1, 0.15) is 5.75 Å². The number of Topliss-reactive ketones (excluding diaryl/α,β-unsaturated/α-hetero) is 1. The monoisotopic (exact) mass is 424 g/mol. The molecule has 0 fully saturated rings. The van der Waals surface area contributed by atoms with Gasteiger partial charge in [0, 0.05) is 17.7 Å². The van der Waals surface area contributed by atoms with E-state index in [2.05, 4.69) is 66.1 Å². The Morgan fingerprint density at radius 3 is 2.28 bits per heavy atom. The number of aryl methyl sites for hydroxylation is 1. The van der Waals surface area contributed by atoms with Crippen LogP contribution in [0.25, 0.3) is 0 Å². The first-order valence-corrected chi connectivity index (χ1v) is 11.3. The lowest BCUT2D eigenvalue weighted by Crippen LogP contribution is -2.26. The van der Waals surface area contributed by atoms with E-state index in [1.54, 1.807) is 0 Å². The highest BCUT2D eigenvalue weighted by Gasteiger charge is 2.36. The van der Waals surface area contributed by atoms with E-state index in [1.165, 1.54) is 11.1 Å². The fourth-order valence-electron chi connectivity index (χ4n) is 4.74. The number of anilines is 2. The number of fused-ring (bicyclic) bond motifs is 1. The predicted octanol–water partition coefficient (Wildman–Crippen LogP) is 6.37. The second kappa shape index (κ2) is 8.54. The molecule has 3 aromatic rings. The van der Waals surface area contributed by atoms with Gasteiger partial charge in [-0.1, -0.05) is 54.1 Å². The molecule has 2 aliphatic rings. The summed E-state index contributed by atoms with van der Waals surface area (Å²) in [6.07, 6.45) is 1.34. The zero-order chi connectivity index (χ0) is 22.1. The highest BCUT2D eigenvalue weighted by Crippen LogP contribution is 2.44. The third kappa shape index (κ3) is 3.89. The normalized spacial score (nSPS) is 19.9. The van der Waals surface area contributed by atoms with Gasteiger partial charge in [-0.05, 0) is 61.6 Å². The van der Waals surface area contributed by atoms with Crippen LogP contribution in [0.1, 0.15) is 48.4 Å². The SMILES string of the molecule is CCOc1ccc(C2Nc3ccccc3NC3=C2C(=O)CC(c2ccc(C)cc2)C3)cc1. The summed E-state index contributed by atoms with van der Waals surface area (Å²) in [7, 11) is 0. The van der Waals surface area contributed by atoms with Crippen molar-refractivity contribution in [2.45, 2.75) is 38.6 Å². The molecule has 0 saturated heterocycles. The summed E-state index contributed by atoms with van der Waals surface area (Å²) in [4.78, 5) is 13.6. The second-order valence-electron chi connectivity index (χ2n) is 8.58. The summed E-state index contributed by atoms with van der Waals surface area (Å²) in [5, 5.41) is 7.24. The van der Waals surface area contributed by atoms with Crippen LogP contribution in [0.4, 0.5) is 11.4 Å². The summed E-state index contributed by atoms with van der Waals surface area (Å²) < 4.78 is 5.62. The van der Waals surface area contributed by atoms with Gasteiger partial charge in [0.15, 0.2) is 5.78 Å². The van der Waals surface area contributed by atoms with Gasteiger partial charge in [-0.25, -0.2) is 0 Å². The third-order valence-electron chi connectivity index (χ3n) is 6.38. The number of hydrogen-bond acceptors (Lipinski definition) is 4. The summed E-state index contributed by atoms with van der Waals surface area (Å²) in [6, 6.07) is 24.6. The lowest BCUT2D eigenvalue weighted by molar-refractivity contribution is -0.116. The highest BCUT2D eigenvalue weighted by molar-refractivity contribution is 6.01. The average Bonchev–Trinajstić information content (AvgIpc) is 2.97. The smallest absolute Gasteiger partial charge is 0.163 e. The molecule has 5 rings (SSSR count). The molecule has 4 nitrogen and oxygen atoms in total. The Labute approximate surface area is 189 Å². The Morgan fingerprint density at radius 2 is 1.56 bits per heavy atom. The largest absolute Gasteiger partial charge is 0.494 e. The van der Waals surface area contributed by atoms with E-state index in [4.69, 9.17) is 4.74 Å². The number of nitrogens with one attached hydrogen (secondary N) is 2. The molecular formula is C28H28N2O2. The van der Waals surface area contributed by atoms with Crippen LogP contribution in [-0.4, -0.2) is 12.4 Å². The molecule has 4 heteroatoms. The molecule has 0 radical (unpaired) electrons. The Balaban J connectivity index is 1.56. The van der Waals surface area contributed by atoms with E-state index in [0.29, 0.717) is 13.0 Å². The molecule has 0 amide bonds. The first-order valence-electron chi connectivity index (χ1n) is 11.3. The van der Waals surface area contributed by atoms with E-state index in [0.717, 1.165) is 40.4 Å². The van der Waals surface area contributed by atoms with Gasteiger partial charge in [0.25, 0.3) is 0 Å². The summed E-state index contributed by atoms with van der Waals surface area (Å²) >= 11 is 0. The van der Waals surface area contributed by atoms with Crippen LogP contribution in [-0.2, 0) is 4.79 Å². The molecule has 0 bridgehead atoms. The van der Waals surface area contributed by atoms with Crippen LogP contribution in [0, 0.1) is 6.92 Å². The average molecular weight is 425 g/mol. The molecule has 1 aliphatic heterocycles. The minimum atomic E-state index is -0.205. The summed E-state index contributed by atoms with van der Waals surface area (Å²) in [5.74, 6) is 1.22. The summed E-state index contributed by atoms with van der Waals surface area (Å²) in [6.45, 7) is 4.70. The molecule has 0 saturated carbocycles. The number of allylic oxidation sites excluding steroid dienone is 1. The van der Waals surface area contributed by atoms with Gasteiger partial charge in [0.05, 0.1) is 24.0 Å². The molecule has 0 spiro atoms. The number of ether oxygens (including phenoxy) is 1. The molecule has 1 aliphatic carbocycles. The van der Waals surface area contributed by atoms with Crippen molar-refractivity contribution in [2.75, 3.05) is 17.2 Å². The number of benzene rings is 3. The topological polar surface area (TPSA) is 50.4 Å². The number of rotatable bonds is 4. The van der Waals surface area contributed by atoms with Crippen molar-refractivity contribution in [2.24, 2.45) is 0 Å². The number of carbonyl (C=O) groups is 1. The van der Waals surface area contributed by atoms with E-state index in [1.807, 2.05) is 31.2 Å². The van der Waals surface area contributed by atoms with Gasteiger partial charge in [-0.3, -0.25) is 4.79 Å². The van der Waals surface area contributed by atoms with Crippen molar-refractivity contribution in [3.63, 3.8) is 0 Å². The molecule has 0 aromatic heterocycles. The van der Waals surface area contributed by atoms with Gasteiger partial charge >= 0.3 is 0 Å². The second-order valence-corrected chi connectivity index (χ2v) is 8.58. The van der Waals surface area contributed by atoms with Crippen LogP contribution >= 0.6 is 0 Å². The first-order chi connectivity index (χ1) is 15.6. The molecular weight excluding hydrogens is 396 g/mol. The lowest BCUT2D eigenvalue weighted by atomic mass is 9.78. The van der Waals surface area contributed by atoms with E-state index in [9.17, 15) is 4.79 Å². The fourth-order valence-corrected chi connectivity index (χ4v) is 4.74. The van der Waals surface area contributed by atoms with Gasteiger partial charge in [-0.15, -0.1) is 0 Å². The number of carbonyl (C=O) groups excluding carboxylic acids is 1. The van der Waals surface area contributed by atoms with E-state index in [-0.39, 0.29) is 17.7 Å². The quantitative estimate of drug-likeness (QED) is 0.511. The van der Waals surface area contributed by atoms with Gasteiger partial charge in [0.2, 0.25) is 0 Å². The number of hydrogen-bond donors (Lipinski definition) is 2. The Morgan fingerprint density at radius 1 is 0.875 bits per heavy atom. The van der Waals surface area contributed by atoms with E-state index < -0.39 is 0 Å². The molecule has 2 N–H and O–H groups in total. The third-order valence-corrected chi connectivity index (χ3v) is 6.38. The molecule has 162 valence electrons. The predicted molar refractivity (Wildman–Crippen MR) is 129 cm³/mol. The first kappa shape index (κ1) is 20.4. The zero-order valence-electron chi connectivity index (χ0n) is 18.5. The van der Waals surface area contributed by atoms with Crippen molar-refractivity contribution < 1.29 is 9.53 Å². The van der Waals surface area contributed by atoms with Crippen molar-refractivity contribution in [1.82, 2.24) is 0 Å². The maximum Gasteiger partial charge on any atom is 0.163 e. The highest BCUT2D eigenvalue weighted by atomic mass is 16.5. The molecule has 1 heterocycles. The van der Waals surface area contributed by atoms with Crippen LogP contribution in [0.3, 0.4) is 0 Å². The number of para-hydroxylation sites is 2. The minimum absolute atomic E-state index is 0.181. The summed E-state index contributed by atoms with van der Waals surface area (Å²) in [5.41, 5.74) is 7.38. The van der Waals surface area contributed by atoms with E-state index >= 15 is 0 Å². The van der Waals surface area contributed by atoms with Crippen LogP contribution < -0.4 is 15.4 Å². The van der Waals surface area contributed by atoms with Crippen LogP contribution in [0.2, 0.25) is 0 Å². The van der Waals surface area contributed by atoms with Crippen molar-refractivity contribution in [3.05, 3.63) is 101 Å². The molecule has 2 atom stereocenters. The van der Waals surface area contributed by atoms with Crippen molar-refractivity contribution >= 4 is 17.2 Å². The zero-order valence-corrected chi connectivity index (χ0v) is 18.5. The van der Waals surface area contributed by atoms with Crippen molar-refractivity contribution in [3.8, 4) is 5.75 Å². The van der Waals surface area contributed by atoms with Crippen LogP contribution in [0.5, 0.6) is 5.75 Å². The maximum atomic E-state index is 13.6. The standard InChI is InChI=1S/C28H28N2O2/c1-3-32-22-14-12-20(13-15-22)28-27-25(29-23-6-4-5-7-24(23)30-28)16-21(17-26(27)31)19-10-8-18(2)9-11-19/h4-15,21,28-30H,3,16-17H2,1-2H3. The van der Waals surface area contributed by atoms with Gasteiger partial charge in [-0.2, -0.15) is 0 Å². The molecule has 32 heavy (non-hydrogen) atoms. The number of ketones is 1. The minimum Gasteiger partial charge on any atom is -0.494 e. The molecule has 2 unspecified atom stereocenters. The Kier molecular flexibility index (Phi) is 5.44. The Bertz CT molecular complexity index is 1160. The fraction of sp³-hybridized carbons (Fsp3) is 0.250. The van der Waals surface area contributed by atoms with Gasteiger partial charge < -0.3 is 15.4 Å².